The molecular formula is C21H45N3. The first-order valence-electron chi connectivity index (χ1n) is 10.4. The van der Waals surface area contributed by atoms with Gasteiger partial charge in [0.1, 0.15) is 0 Å². The average Bonchev–Trinajstić information content (AvgIpc) is 2.38. The van der Waals surface area contributed by atoms with Crippen molar-refractivity contribution in [2.45, 2.75) is 67.2 Å². The van der Waals surface area contributed by atoms with Crippen LogP contribution in [-0.2, 0) is 0 Å². The lowest BCUT2D eigenvalue weighted by atomic mass is 9.70. The van der Waals surface area contributed by atoms with Gasteiger partial charge in [-0.1, -0.05) is 41.5 Å². The molecule has 1 spiro atoms. The molecule has 0 saturated carbocycles. The third-order valence-electron chi connectivity index (χ3n) is 5.49. The number of nitrogens with zero attached hydrogens (tertiary/aromatic N) is 2. The van der Waals surface area contributed by atoms with Crippen LogP contribution in [0.5, 0.6) is 0 Å². The van der Waals surface area contributed by atoms with E-state index in [1.165, 1.54) is 71.5 Å². The van der Waals surface area contributed by atoms with E-state index in [1.54, 1.807) is 0 Å². The van der Waals surface area contributed by atoms with Gasteiger partial charge < -0.3 is 15.1 Å². The lowest BCUT2D eigenvalue weighted by Gasteiger charge is -2.55. The van der Waals surface area contributed by atoms with Crippen LogP contribution in [-0.4, -0.2) is 62.7 Å². The first-order chi connectivity index (χ1) is 11.3. The van der Waals surface area contributed by atoms with Crippen molar-refractivity contribution in [1.82, 2.24) is 15.1 Å². The van der Waals surface area contributed by atoms with E-state index < -0.39 is 0 Å². The minimum absolute atomic E-state index is 0.487. The Balaban J connectivity index is 0.000000409. The molecule has 0 aromatic rings. The summed E-state index contributed by atoms with van der Waals surface area (Å²) in [6.07, 6.45) is 5.58. The Morgan fingerprint density at radius 3 is 1.88 bits per heavy atom. The van der Waals surface area contributed by atoms with Gasteiger partial charge in [-0.05, 0) is 75.7 Å². The van der Waals surface area contributed by atoms with E-state index in [1.807, 2.05) is 13.8 Å². The molecule has 0 unspecified atom stereocenters. The fourth-order valence-electron chi connectivity index (χ4n) is 4.38. The highest BCUT2D eigenvalue weighted by atomic mass is 15.2. The fourth-order valence-corrected chi connectivity index (χ4v) is 4.38. The summed E-state index contributed by atoms with van der Waals surface area (Å²) < 4.78 is 0. The number of hydrogen-bond acceptors (Lipinski definition) is 3. The molecule has 0 radical (unpaired) electrons. The molecule has 3 rings (SSSR count). The molecule has 3 nitrogen and oxygen atoms in total. The second-order valence-electron chi connectivity index (χ2n) is 9.31. The van der Waals surface area contributed by atoms with Gasteiger partial charge >= 0.3 is 0 Å². The molecule has 1 N–H and O–H groups in total. The Kier molecular flexibility index (Phi) is 9.25. The number of piperidine rings is 1. The summed E-state index contributed by atoms with van der Waals surface area (Å²) in [5.74, 6) is 0.818. The molecule has 0 amide bonds. The second kappa shape index (κ2) is 10.1. The molecule has 0 bridgehead atoms. The normalized spacial score (nSPS) is 23.5. The quantitative estimate of drug-likeness (QED) is 0.832. The summed E-state index contributed by atoms with van der Waals surface area (Å²) in [7, 11) is 2.26. The predicted molar refractivity (Wildman–Crippen MR) is 108 cm³/mol. The van der Waals surface area contributed by atoms with E-state index in [2.05, 4.69) is 49.9 Å². The van der Waals surface area contributed by atoms with Crippen LogP contribution in [0, 0.1) is 16.7 Å². The minimum atomic E-state index is 0.487. The summed E-state index contributed by atoms with van der Waals surface area (Å²) in [5.41, 5.74) is 1.18. The molecule has 3 saturated heterocycles. The van der Waals surface area contributed by atoms with E-state index >= 15 is 0 Å². The first kappa shape index (κ1) is 21.9. The van der Waals surface area contributed by atoms with Gasteiger partial charge in [0.15, 0.2) is 0 Å². The second-order valence-corrected chi connectivity index (χ2v) is 9.31. The molecule has 0 aliphatic carbocycles. The molecule has 144 valence electrons. The van der Waals surface area contributed by atoms with Crippen LogP contribution in [0.15, 0.2) is 0 Å². The molecule has 0 atom stereocenters. The monoisotopic (exact) mass is 339 g/mol. The zero-order chi connectivity index (χ0) is 18.2. The Morgan fingerprint density at radius 2 is 1.50 bits per heavy atom. The van der Waals surface area contributed by atoms with Crippen molar-refractivity contribution in [2.24, 2.45) is 16.7 Å². The van der Waals surface area contributed by atoms with Crippen molar-refractivity contribution < 1.29 is 0 Å². The summed E-state index contributed by atoms with van der Waals surface area (Å²) in [6.45, 7) is 22.7. The number of rotatable bonds is 4. The van der Waals surface area contributed by atoms with Crippen molar-refractivity contribution >= 4 is 0 Å². The number of hydrogen-bond donors (Lipinski definition) is 1. The van der Waals surface area contributed by atoms with E-state index in [9.17, 15) is 0 Å². The van der Waals surface area contributed by atoms with Crippen LogP contribution >= 0.6 is 0 Å². The maximum absolute atomic E-state index is 3.11. The fraction of sp³-hybridized carbons (Fsp3) is 1.00. The summed E-state index contributed by atoms with van der Waals surface area (Å²) in [4.78, 5) is 5.18. The molecular weight excluding hydrogens is 294 g/mol. The van der Waals surface area contributed by atoms with E-state index in [0.29, 0.717) is 10.8 Å². The van der Waals surface area contributed by atoms with Crippen LogP contribution in [0.1, 0.15) is 67.2 Å². The van der Waals surface area contributed by atoms with Gasteiger partial charge in [-0.15, -0.1) is 0 Å². The van der Waals surface area contributed by atoms with Gasteiger partial charge in [-0.2, -0.15) is 0 Å². The Hall–Kier alpha value is -0.120. The third kappa shape index (κ3) is 7.41. The van der Waals surface area contributed by atoms with Crippen molar-refractivity contribution in [3.8, 4) is 0 Å². The van der Waals surface area contributed by atoms with Gasteiger partial charge in [-0.25, -0.2) is 0 Å². The summed E-state index contributed by atoms with van der Waals surface area (Å²) >= 11 is 0. The number of nitrogens with one attached hydrogen (secondary N) is 1. The lowest BCUT2D eigenvalue weighted by molar-refractivity contribution is -0.0600. The minimum Gasteiger partial charge on any atom is -0.317 e. The highest BCUT2D eigenvalue weighted by molar-refractivity contribution is 4.99. The average molecular weight is 340 g/mol. The molecule has 0 aromatic heterocycles. The topological polar surface area (TPSA) is 18.5 Å². The molecule has 3 heteroatoms. The highest BCUT2D eigenvalue weighted by Crippen LogP contribution is 2.42. The number of likely N-dealkylation sites (tertiary alicyclic amines) is 2. The van der Waals surface area contributed by atoms with Crippen LogP contribution in [0.3, 0.4) is 0 Å². The largest absolute Gasteiger partial charge is 0.317 e. The Labute approximate surface area is 152 Å². The predicted octanol–water partition coefficient (Wildman–Crippen LogP) is 4.09. The van der Waals surface area contributed by atoms with Crippen molar-refractivity contribution in [3.63, 3.8) is 0 Å². The van der Waals surface area contributed by atoms with E-state index in [4.69, 9.17) is 0 Å². The van der Waals surface area contributed by atoms with Crippen molar-refractivity contribution in [3.05, 3.63) is 0 Å². The molecule has 24 heavy (non-hydrogen) atoms. The SMILES string of the molecule is C1CNC1.CC.CC(C)CC(C)(C)CN1CC2(CCN(C)CC2)C1. The van der Waals surface area contributed by atoms with Crippen molar-refractivity contribution in [2.75, 3.05) is 52.9 Å². The van der Waals surface area contributed by atoms with Gasteiger partial charge in [0, 0.05) is 19.6 Å². The molecule has 3 fully saturated rings. The Bertz CT molecular complexity index is 314. The molecule has 3 aliphatic heterocycles. The molecule has 3 heterocycles. The third-order valence-corrected chi connectivity index (χ3v) is 5.49. The highest BCUT2D eigenvalue weighted by Gasteiger charge is 2.45. The standard InChI is InChI=1S/C16H32N2.C3H7N.C2H6/c1-14(2)10-15(3,4)11-18-12-16(13-18)6-8-17(5)9-7-16;1-2-4-3-1;1-2/h14H,6-13H2,1-5H3;4H,1-3H2;1-2H3. The van der Waals surface area contributed by atoms with Crippen molar-refractivity contribution in [1.29, 1.82) is 0 Å². The smallest absolute Gasteiger partial charge is 0.00517 e. The zero-order valence-corrected chi connectivity index (χ0v) is 17.7. The summed E-state index contributed by atoms with van der Waals surface area (Å²) in [6, 6.07) is 0. The Morgan fingerprint density at radius 1 is 1.04 bits per heavy atom. The van der Waals surface area contributed by atoms with Gasteiger partial charge in [0.25, 0.3) is 0 Å². The van der Waals surface area contributed by atoms with E-state index in [-0.39, 0.29) is 0 Å². The van der Waals surface area contributed by atoms with Gasteiger partial charge in [-0.3, -0.25) is 0 Å². The van der Waals surface area contributed by atoms with Crippen LogP contribution in [0.25, 0.3) is 0 Å². The maximum atomic E-state index is 3.11. The zero-order valence-electron chi connectivity index (χ0n) is 17.7. The summed E-state index contributed by atoms with van der Waals surface area (Å²) in [5, 5.41) is 3.11. The van der Waals surface area contributed by atoms with Crippen LogP contribution < -0.4 is 5.32 Å². The van der Waals surface area contributed by atoms with Crippen LogP contribution in [0.4, 0.5) is 0 Å². The van der Waals surface area contributed by atoms with Crippen LogP contribution in [0.2, 0.25) is 0 Å². The molecule has 0 aromatic carbocycles. The van der Waals surface area contributed by atoms with Gasteiger partial charge in [0.05, 0.1) is 0 Å². The molecule has 3 aliphatic rings. The first-order valence-corrected chi connectivity index (χ1v) is 10.4. The maximum Gasteiger partial charge on any atom is 0.00517 e. The van der Waals surface area contributed by atoms with E-state index in [0.717, 1.165) is 5.92 Å². The lowest BCUT2D eigenvalue weighted by Crippen LogP contribution is -2.61. The van der Waals surface area contributed by atoms with Gasteiger partial charge in [0.2, 0.25) is 0 Å².